The van der Waals surface area contributed by atoms with E-state index in [1.807, 2.05) is 54.6 Å². The first kappa shape index (κ1) is 20.0. The van der Waals surface area contributed by atoms with E-state index in [0.717, 1.165) is 47.4 Å². The summed E-state index contributed by atoms with van der Waals surface area (Å²) in [6.07, 6.45) is 2.64. The molecule has 1 aliphatic heterocycles. The molecule has 3 aromatic rings. The Morgan fingerprint density at radius 2 is 1.77 bits per heavy atom. The molecule has 5 heteroatoms. The lowest BCUT2D eigenvalue weighted by atomic mass is 10.1. The smallest absolute Gasteiger partial charge is 0.322 e. The highest BCUT2D eigenvalue weighted by molar-refractivity contribution is 5.92. The zero-order valence-corrected chi connectivity index (χ0v) is 16.8. The molecule has 0 unspecified atom stereocenters. The monoisotopic (exact) mass is 404 g/mol. The highest BCUT2D eigenvalue weighted by Gasteiger charge is 2.21. The predicted octanol–water partition coefficient (Wildman–Crippen LogP) is 5.46. The van der Waals surface area contributed by atoms with Crippen LogP contribution in [0.1, 0.15) is 29.5 Å². The van der Waals surface area contributed by atoms with Crippen molar-refractivity contribution in [1.29, 1.82) is 0 Å². The standard InChI is InChI=1S/C25H25FN2O2/c26-22-11-14-24-21(16-22)8-4-5-15-28(24)25(29)27-17-19-9-12-23(13-10-19)30-18-20-6-2-1-3-7-20/h1-3,6-7,9-14,16H,4-5,8,15,17-18H2,(H,27,29). The van der Waals surface area contributed by atoms with Gasteiger partial charge >= 0.3 is 6.03 Å². The highest BCUT2D eigenvalue weighted by Crippen LogP contribution is 2.27. The molecule has 0 radical (unpaired) electrons. The molecule has 0 saturated carbocycles. The molecule has 0 aliphatic carbocycles. The van der Waals surface area contributed by atoms with Gasteiger partial charge < -0.3 is 10.1 Å². The molecule has 154 valence electrons. The Balaban J connectivity index is 1.34. The highest BCUT2D eigenvalue weighted by atomic mass is 19.1. The van der Waals surface area contributed by atoms with E-state index in [1.54, 1.807) is 11.0 Å². The van der Waals surface area contributed by atoms with Gasteiger partial charge in [0.05, 0.1) is 0 Å². The van der Waals surface area contributed by atoms with E-state index in [1.165, 1.54) is 12.1 Å². The van der Waals surface area contributed by atoms with Crippen LogP contribution in [0.2, 0.25) is 0 Å². The van der Waals surface area contributed by atoms with Crippen molar-refractivity contribution in [2.24, 2.45) is 0 Å². The number of halogens is 1. The number of benzene rings is 3. The van der Waals surface area contributed by atoms with E-state index in [2.05, 4.69) is 5.32 Å². The number of rotatable bonds is 5. The van der Waals surface area contributed by atoms with Crippen LogP contribution >= 0.6 is 0 Å². The summed E-state index contributed by atoms with van der Waals surface area (Å²) in [6.45, 7) is 1.58. The van der Waals surface area contributed by atoms with Crippen LogP contribution in [0.4, 0.5) is 14.9 Å². The number of hydrogen-bond acceptors (Lipinski definition) is 2. The normalized spacial score (nSPS) is 13.3. The van der Waals surface area contributed by atoms with Crippen molar-refractivity contribution in [2.75, 3.05) is 11.4 Å². The summed E-state index contributed by atoms with van der Waals surface area (Å²) >= 11 is 0. The fourth-order valence-corrected chi connectivity index (χ4v) is 3.65. The SMILES string of the molecule is O=C(NCc1ccc(OCc2ccccc2)cc1)N1CCCCc2cc(F)ccc21. The largest absolute Gasteiger partial charge is 0.489 e. The summed E-state index contributed by atoms with van der Waals surface area (Å²) in [7, 11) is 0. The molecule has 1 N–H and O–H groups in total. The quantitative estimate of drug-likeness (QED) is 0.614. The van der Waals surface area contributed by atoms with Gasteiger partial charge in [-0.3, -0.25) is 4.90 Å². The average molecular weight is 404 g/mol. The van der Waals surface area contributed by atoms with Crippen molar-refractivity contribution in [3.05, 3.63) is 95.3 Å². The number of amides is 2. The Kier molecular flexibility index (Phi) is 6.28. The van der Waals surface area contributed by atoms with Crippen LogP contribution in [0, 0.1) is 5.82 Å². The summed E-state index contributed by atoms with van der Waals surface area (Å²) in [5, 5.41) is 2.98. The van der Waals surface area contributed by atoms with Crippen LogP contribution in [0.3, 0.4) is 0 Å². The van der Waals surface area contributed by atoms with E-state index < -0.39 is 0 Å². The zero-order chi connectivity index (χ0) is 20.8. The molecule has 0 spiro atoms. The molecular weight excluding hydrogens is 379 g/mol. The lowest BCUT2D eigenvalue weighted by Gasteiger charge is -2.23. The van der Waals surface area contributed by atoms with E-state index in [9.17, 15) is 9.18 Å². The molecule has 0 atom stereocenters. The summed E-state index contributed by atoms with van der Waals surface area (Å²) in [6, 6.07) is 22.2. The van der Waals surface area contributed by atoms with E-state index in [4.69, 9.17) is 4.74 Å². The summed E-state index contributed by atoms with van der Waals surface area (Å²) < 4.78 is 19.4. The fourth-order valence-electron chi connectivity index (χ4n) is 3.65. The van der Waals surface area contributed by atoms with Gasteiger partial charge in [0.2, 0.25) is 0 Å². The van der Waals surface area contributed by atoms with Gasteiger partial charge in [0, 0.05) is 18.8 Å². The van der Waals surface area contributed by atoms with Gasteiger partial charge in [-0.15, -0.1) is 0 Å². The Bertz CT molecular complexity index is 990. The summed E-state index contributed by atoms with van der Waals surface area (Å²) in [5.74, 6) is 0.531. The third kappa shape index (κ3) is 4.98. The van der Waals surface area contributed by atoms with Crippen molar-refractivity contribution in [1.82, 2.24) is 5.32 Å². The third-order valence-corrected chi connectivity index (χ3v) is 5.27. The Hall–Kier alpha value is -3.34. The number of urea groups is 1. The predicted molar refractivity (Wildman–Crippen MR) is 116 cm³/mol. The molecule has 3 aromatic carbocycles. The minimum atomic E-state index is -0.259. The van der Waals surface area contributed by atoms with Crippen LogP contribution in [-0.4, -0.2) is 12.6 Å². The number of carbonyl (C=O) groups is 1. The first-order chi connectivity index (χ1) is 14.7. The number of nitrogens with one attached hydrogen (secondary N) is 1. The van der Waals surface area contributed by atoms with Gasteiger partial charge in [0.1, 0.15) is 18.2 Å². The van der Waals surface area contributed by atoms with Crippen LogP contribution in [-0.2, 0) is 19.6 Å². The molecule has 1 aliphatic rings. The van der Waals surface area contributed by atoms with Crippen LogP contribution in [0.25, 0.3) is 0 Å². The number of fused-ring (bicyclic) bond motifs is 1. The van der Waals surface area contributed by atoms with E-state index in [-0.39, 0.29) is 11.8 Å². The number of carbonyl (C=O) groups excluding carboxylic acids is 1. The Morgan fingerprint density at radius 3 is 2.57 bits per heavy atom. The van der Waals surface area contributed by atoms with Gasteiger partial charge in [0.25, 0.3) is 0 Å². The number of aryl methyl sites for hydroxylation is 1. The topological polar surface area (TPSA) is 41.6 Å². The number of nitrogens with zero attached hydrogens (tertiary/aromatic N) is 1. The maximum absolute atomic E-state index is 13.6. The molecule has 0 bridgehead atoms. The third-order valence-electron chi connectivity index (χ3n) is 5.27. The molecule has 30 heavy (non-hydrogen) atoms. The summed E-state index contributed by atoms with van der Waals surface area (Å²) in [5.41, 5.74) is 3.80. The molecule has 2 amide bonds. The number of anilines is 1. The molecule has 4 rings (SSSR count). The van der Waals surface area contributed by atoms with Gasteiger partial charge in [-0.05, 0) is 66.3 Å². The Labute approximate surface area is 176 Å². The van der Waals surface area contributed by atoms with Crippen LogP contribution in [0.15, 0.2) is 72.8 Å². The maximum Gasteiger partial charge on any atom is 0.322 e. The maximum atomic E-state index is 13.6. The molecule has 0 aromatic heterocycles. The Morgan fingerprint density at radius 1 is 0.967 bits per heavy atom. The average Bonchev–Trinajstić information content (AvgIpc) is 2.99. The van der Waals surface area contributed by atoms with Gasteiger partial charge in [0.15, 0.2) is 0 Å². The lowest BCUT2D eigenvalue weighted by Crippen LogP contribution is -2.40. The minimum absolute atomic E-state index is 0.158. The first-order valence-corrected chi connectivity index (χ1v) is 10.3. The summed E-state index contributed by atoms with van der Waals surface area (Å²) in [4.78, 5) is 14.5. The van der Waals surface area contributed by atoms with Crippen LogP contribution in [0.5, 0.6) is 5.75 Å². The number of ether oxygens (including phenoxy) is 1. The van der Waals surface area contributed by atoms with Crippen molar-refractivity contribution >= 4 is 11.7 Å². The first-order valence-electron chi connectivity index (χ1n) is 10.3. The van der Waals surface area contributed by atoms with Gasteiger partial charge in [-0.25, -0.2) is 9.18 Å². The second-order valence-electron chi connectivity index (χ2n) is 7.46. The molecule has 0 fully saturated rings. The van der Waals surface area contributed by atoms with Crippen molar-refractivity contribution < 1.29 is 13.9 Å². The minimum Gasteiger partial charge on any atom is -0.489 e. The molecule has 0 saturated heterocycles. The number of hydrogen-bond donors (Lipinski definition) is 1. The van der Waals surface area contributed by atoms with Crippen molar-refractivity contribution in [3.63, 3.8) is 0 Å². The van der Waals surface area contributed by atoms with Crippen LogP contribution < -0.4 is 15.0 Å². The van der Waals surface area contributed by atoms with E-state index >= 15 is 0 Å². The second kappa shape index (κ2) is 9.44. The molecular formula is C25H25FN2O2. The van der Waals surface area contributed by atoms with Gasteiger partial charge in [-0.2, -0.15) is 0 Å². The second-order valence-corrected chi connectivity index (χ2v) is 7.46. The van der Waals surface area contributed by atoms with E-state index in [0.29, 0.717) is 19.7 Å². The van der Waals surface area contributed by atoms with Gasteiger partial charge in [-0.1, -0.05) is 42.5 Å². The van der Waals surface area contributed by atoms with Crippen molar-refractivity contribution in [2.45, 2.75) is 32.4 Å². The molecule has 4 nitrogen and oxygen atoms in total. The zero-order valence-electron chi connectivity index (χ0n) is 16.8. The fraction of sp³-hybridized carbons (Fsp3) is 0.240. The molecule has 1 heterocycles. The van der Waals surface area contributed by atoms with Crippen molar-refractivity contribution in [3.8, 4) is 5.75 Å². The lowest BCUT2D eigenvalue weighted by molar-refractivity contribution is 0.246.